The summed E-state index contributed by atoms with van der Waals surface area (Å²) in [4.78, 5) is 17.9. The molecule has 1 saturated heterocycles. The van der Waals surface area contributed by atoms with Crippen molar-refractivity contribution >= 4 is 23.3 Å². The van der Waals surface area contributed by atoms with E-state index in [1.165, 1.54) is 6.20 Å². The van der Waals surface area contributed by atoms with Crippen molar-refractivity contribution in [3.63, 3.8) is 0 Å². The van der Waals surface area contributed by atoms with Crippen molar-refractivity contribution in [2.45, 2.75) is 19.8 Å². The minimum atomic E-state index is -0.0454. The maximum absolute atomic E-state index is 12.2. The molecule has 2 rings (SSSR count). The lowest BCUT2D eigenvalue weighted by Crippen LogP contribution is -2.38. The number of hydrogen-bond acceptors (Lipinski definition) is 3. The van der Waals surface area contributed by atoms with Crippen molar-refractivity contribution < 1.29 is 4.79 Å². The van der Waals surface area contributed by atoms with Crippen LogP contribution < -0.4 is 5.73 Å². The van der Waals surface area contributed by atoms with E-state index in [-0.39, 0.29) is 5.91 Å². The van der Waals surface area contributed by atoms with E-state index in [1.807, 2.05) is 4.90 Å². The van der Waals surface area contributed by atoms with Gasteiger partial charge >= 0.3 is 0 Å². The van der Waals surface area contributed by atoms with Crippen LogP contribution in [0.3, 0.4) is 0 Å². The minimum Gasteiger partial charge on any atom is -0.384 e. The van der Waals surface area contributed by atoms with E-state index in [0.29, 0.717) is 22.3 Å². The summed E-state index contributed by atoms with van der Waals surface area (Å²) in [5.74, 6) is 0.969. The quantitative estimate of drug-likeness (QED) is 0.835. The smallest absolute Gasteiger partial charge is 0.255 e. The SMILES string of the molecule is CC1CCN(C(=O)c2cc(N)ncc2Cl)CC1. The van der Waals surface area contributed by atoms with E-state index in [4.69, 9.17) is 17.3 Å². The van der Waals surface area contributed by atoms with Gasteiger partial charge in [-0.3, -0.25) is 4.79 Å². The van der Waals surface area contributed by atoms with E-state index < -0.39 is 0 Å². The molecule has 1 aromatic rings. The summed E-state index contributed by atoms with van der Waals surface area (Å²) >= 11 is 5.97. The van der Waals surface area contributed by atoms with Crippen LogP contribution in [0.25, 0.3) is 0 Å². The summed E-state index contributed by atoms with van der Waals surface area (Å²) in [6.07, 6.45) is 3.52. The summed E-state index contributed by atoms with van der Waals surface area (Å²) in [6, 6.07) is 1.54. The van der Waals surface area contributed by atoms with E-state index >= 15 is 0 Å². The predicted octanol–water partition coefficient (Wildman–Crippen LogP) is 2.19. The van der Waals surface area contributed by atoms with Gasteiger partial charge in [0.25, 0.3) is 5.91 Å². The van der Waals surface area contributed by atoms with Crippen molar-refractivity contribution in [3.05, 3.63) is 22.8 Å². The first-order valence-corrected chi connectivity index (χ1v) is 6.16. The zero-order valence-corrected chi connectivity index (χ0v) is 10.6. The molecule has 2 heterocycles. The molecular formula is C12H16ClN3O. The summed E-state index contributed by atoms with van der Waals surface area (Å²) in [5.41, 5.74) is 6.03. The monoisotopic (exact) mass is 253 g/mol. The van der Waals surface area contributed by atoms with Crippen LogP contribution in [0, 0.1) is 5.92 Å². The Labute approximate surface area is 106 Å². The summed E-state index contributed by atoms with van der Waals surface area (Å²) < 4.78 is 0. The van der Waals surface area contributed by atoms with Crippen LogP contribution >= 0.6 is 11.6 Å². The molecule has 17 heavy (non-hydrogen) atoms. The molecule has 5 heteroatoms. The van der Waals surface area contributed by atoms with Gasteiger partial charge in [-0.1, -0.05) is 18.5 Å². The molecule has 1 fully saturated rings. The Morgan fingerprint density at radius 2 is 2.18 bits per heavy atom. The molecule has 1 aliphatic rings. The second-order valence-corrected chi connectivity index (χ2v) is 4.97. The zero-order valence-electron chi connectivity index (χ0n) is 9.82. The van der Waals surface area contributed by atoms with Crippen LogP contribution in [0.4, 0.5) is 5.82 Å². The summed E-state index contributed by atoms with van der Waals surface area (Å²) in [6.45, 7) is 3.79. The lowest BCUT2D eigenvalue weighted by molar-refractivity contribution is 0.0697. The molecule has 92 valence electrons. The van der Waals surface area contributed by atoms with Gasteiger partial charge < -0.3 is 10.6 Å². The third-order valence-corrected chi connectivity index (χ3v) is 3.48. The lowest BCUT2D eigenvalue weighted by Gasteiger charge is -2.30. The first-order chi connectivity index (χ1) is 8.08. The van der Waals surface area contributed by atoms with E-state index in [2.05, 4.69) is 11.9 Å². The molecule has 0 unspecified atom stereocenters. The summed E-state index contributed by atoms with van der Waals surface area (Å²) in [7, 11) is 0. The Morgan fingerprint density at radius 3 is 2.82 bits per heavy atom. The molecular weight excluding hydrogens is 238 g/mol. The van der Waals surface area contributed by atoms with Crippen molar-refractivity contribution in [3.8, 4) is 0 Å². The third kappa shape index (κ3) is 2.69. The molecule has 0 aliphatic carbocycles. The van der Waals surface area contributed by atoms with Gasteiger partial charge in [0, 0.05) is 19.3 Å². The van der Waals surface area contributed by atoms with Gasteiger partial charge in [0.15, 0.2) is 0 Å². The van der Waals surface area contributed by atoms with Crippen molar-refractivity contribution in [2.75, 3.05) is 18.8 Å². The fourth-order valence-corrected chi connectivity index (χ4v) is 2.18. The number of nitrogen functional groups attached to an aromatic ring is 1. The highest BCUT2D eigenvalue weighted by molar-refractivity contribution is 6.33. The molecule has 0 bridgehead atoms. The van der Waals surface area contributed by atoms with Gasteiger partial charge in [-0.15, -0.1) is 0 Å². The van der Waals surface area contributed by atoms with Gasteiger partial charge in [-0.25, -0.2) is 4.98 Å². The Balaban J connectivity index is 2.16. The van der Waals surface area contributed by atoms with Crippen molar-refractivity contribution in [2.24, 2.45) is 5.92 Å². The number of carbonyl (C=O) groups is 1. The molecule has 0 saturated carbocycles. The van der Waals surface area contributed by atoms with Crippen LogP contribution in [0.1, 0.15) is 30.1 Å². The Morgan fingerprint density at radius 1 is 1.53 bits per heavy atom. The van der Waals surface area contributed by atoms with Gasteiger partial charge in [-0.05, 0) is 24.8 Å². The number of nitrogens with two attached hydrogens (primary N) is 1. The van der Waals surface area contributed by atoms with Crippen molar-refractivity contribution in [1.29, 1.82) is 0 Å². The molecule has 2 N–H and O–H groups in total. The first-order valence-electron chi connectivity index (χ1n) is 5.78. The highest BCUT2D eigenvalue weighted by atomic mass is 35.5. The number of aromatic nitrogens is 1. The second-order valence-electron chi connectivity index (χ2n) is 4.56. The van der Waals surface area contributed by atoms with E-state index in [1.54, 1.807) is 6.07 Å². The van der Waals surface area contributed by atoms with Gasteiger partial charge in [-0.2, -0.15) is 0 Å². The van der Waals surface area contributed by atoms with Crippen LogP contribution in [0.2, 0.25) is 5.02 Å². The molecule has 0 aromatic carbocycles. The number of halogens is 1. The fraction of sp³-hybridized carbons (Fsp3) is 0.500. The number of hydrogen-bond donors (Lipinski definition) is 1. The average Bonchev–Trinajstić information content (AvgIpc) is 2.32. The topological polar surface area (TPSA) is 59.2 Å². The van der Waals surface area contributed by atoms with Crippen LogP contribution in [-0.4, -0.2) is 28.9 Å². The highest BCUT2D eigenvalue weighted by Gasteiger charge is 2.23. The van der Waals surface area contributed by atoms with Crippen LogP contribution in [0.5, 0.6) is 0 Å². The normalized spacial score (nSPS) is 17.2. The standard InChI is InChI=1S/C12H16ClN3O/c1-8-2-4-16(5-3-8)12(17)9-6-11(14)15-7-10(9)13/h6-8H,2-5H2,1H3,(H2,14,15). The number of carbonyl (C=O) groups excluding carboxylic acids is 1. The average molecular weight is 254 g/mol. The Hall–Kier alpha value is -1.29. The largest absolute Gasteiger partial charge is 0.384 e. The number of likely N-dealkylation sites (tertiary alicyclic amines) is 1. The maximum Gasteiger partial charge on any atom is 0.255 e. The van der Waals surface area contributed by atoms with Gasteiger partial charge in [0.1, 0.15) is 5.82 Å². The maximum atomic E-state index is 12.2. The summed E-state index contributed by atoms with van der Waals surface area (Å²) in [5, 5.41) is 0.364. The molecule has 0 atom stereocenters. The minimum absolute atomic E-state index is 0.0454. The lowest BCUT2D eigenvalue weighted by atomic mass is 9.99. The fourth-order valence-electron chi connectivity index (χ4n) is 2.00. The number of amides is 1. The molecule has 4 nitrogen and oxygen atoms in total. The van der Waals surface area contributed by atoms with Gasteiger partial charge in [0.2, 0.25) is 0 Å². The van der Waals surface area contributed by atoms with Crippen LogP contribution in [0.15, 0.2) is 12.3 Å². The second kappa shape index (κ2) is 4.92. The first kappa shape index (κ1) is 12.2. The number of anilines is 1. The van der Waals surface area contributed by atoms with Gasteiger partial charge in [0.05, 0.1) is 10.6 Å². The third-order valence-electron chi connectivity index (χ3n) is 3.18. The number of piperidine rings is 1. The zero-order chi connectivity index (χ0) is 12.4. The number of pyridine rings is 1. The van der Waals surface area contributed by atoms with Crippen molar-refractivity contribution in [1.82, 2.24) is 9.88 Å². The molecule has 1 amide bonds. The van der Waals surface area contributed by atoms with E-state index in [0.717, 1.165) is 25.9 Å². The molecule has 0 spiro atoms. The van der Waals surface area contributed by atoms with E-state index in [9.17, 15) is 4.79 Å². The number of nitrogens with zero attached hydrogens (tertiary/aromatic N) is 2. The predicted molar refractivity (Wildman–Crippen MR) is 68.0 cm³/mol. The highest BCUT2D eigenvalue weighted by Crippen LogP contribution is 2.22. The van der Waals surface area contributed by atoms with Crippen LogP contribution in [-0.2, 0) is 0 Å². The Bertz CT molecular complexity index is 428. The Kier molecular flexibility index (Phi) is 3.52. The molecule has 1 aromatic heterocycles. The number of rotatable bonds is 1. The molecule has 1 aliphatic heterocycles. The molecule has 0 radical (unpaired) electrons.